The van der Waals surface area contributed by atoms with E-state index < -0.39 is 6.10 Å². The predicted molar refractivity (Wildman–Crippen MR) is 111 cm³/mol. The number of aliphatic hydroxyl groups excluding tert-OH is 1. The summed E-state index contributed by atoms with van der Waals surface area (Å²) in [5.74, 6) is 2.09. The summed E-state index contributed by atoms with van der Waals surface area (Å²) in [6.07, 6.45) is 0.190. The maximum atomic E-state index is 10.2. The van der Waals surface area contributed by atoms with Gasteiger partial charge >= 0.3 is 0 Å². The van der Waals surface area contributed by atoms with Gasteiger partial charge in [-0.1, -0.05) is 12.1 Å². The first-order chi connectivity index (χ1) is 13.6. The van der Waals surface area contributed by atoms with Crippen LogP contribution in [-0.4, -0.2) is 55.1 Å². The third-order valence-electron chi connectivity index (χ3n) is 4.36. The maximum absolute atomic E-state index is 10.2. The maximum Gasteiger partial charge on any atom is 0.175 e. The lowest BCUT2D eigenvalue weighted by Crippen LogP contribution is -2.32. The Morgan fingerprint density at radius 2 is 1.89 bits per heavy atom. The number of rotatable bonds is 10. The highest BCUT2D eigenvalue weighted by molar-refractivity contribution is 7.71. The number of H-pyrrole nitrogens is 2. The van der Waals surface area contributed by atoms with E-state index >= 15 is 0 Å². The largest absolute Gasteiger partial charge is 0.493 e. The zero-order chi connectivity index (χ0) is 19.9. The number of hydrogen-bond acceptors (Lipinski definition) is 6. The fourth-order valence-corrected chi connectivity index (χ4v) is 3.15. The van der Waals surface area contributed by atoms with Crippen molar-refractivity contribution in [1.29, 1.82) is 0 Å². The van der Waals surface area contributed by atoms with Gasteiger partial charge in [-0.25, -0.2) is 0 Å². The second-order valence-electron chi connectivity index (χ2n) is 6.37. The van der Waals surface area contributed by atoms with Crippen LogP contribution in [0.4, 0.5) is 0 Å². The molecule has 0 saturated heterocycles. The number of aromatic nitrogens is 2. The van der Waals surface area contributed by atoms with Gasteiger partial charge in [0.2, 0.25) is 0 Å². The first-order valence-electron chi connectivity index (χ1n) is 9.04. The second kappa shape index (κ2) is 9.59. The Balaban J connectivity index is 1.43. The molecule has 4 N–H and O–H groups in total. The molecule has 0 aliphatic heterocycles. The summed E-state index contributed by atoms with van der Waals surface area (Å²) in [4.78, 5) is 6.10. The molecule has 0 aliphatic carbocycles. The van der Waals surface area contributed by atoms with Gasteiger partial charge in [0.15, 0.2) is 16.3 Å². The van der Waals surface area contributed by atoms with Crippen molar-refractivity contribution in [2.24, 2.45) is 0 Å². The Morgan fingerprint density at radius 3 is 2.68 bits per heavy atom. The summed E-state index contributed by atoms with van der Waals surface area (Å²) in [6, 6.07) is 11.5. The fourth-order valence-electron chi connectivity index (χ4n) is 2.93. The summed E-state index contributed by atoms with van der Waals surface area (Å²) in [7, 11) is 3.24. The number of methoxy groups -OCH3 is 2. The number of imidazole rings is 1. The number of hydrogen-bond donors (Lipinski definition) is 4. The van der Waals surface area contributed by atoms with Crippen molar-refractivity contribution in [3.05, 3.63) is 46.7 Å². The third-order valence-corrected chi connectivity index (χ3v) is 4.57. The second-order valence-corrected chi connectivity index (χ2v) is 6.77. The molecule has 0 amide bonds. The minimum Gasteiger partial charge on any atom is -0.493 e. The third kappa shape index (κ3) is 5.03. The van der Waals surface area contributed by atoms with Crippen LogP contribution in [0, 0.1) is 4.77 Å². The van der Waals surface area contributed by atoms with E-state index in [9.17, 15) is 5.11 Å². The minimum atomic E-state index is -0.623. The van der Waals surface area contributed by atoms with Crippen molar-refractivity contribution >= 4 is 23.3 Å². The number of benzene rings is 2. The molecule has 1 unspecified atom stereocenters. The summed E-state index contributed by atoms with van der Waals surface area (Å²) in [5, 5.41) is 13.4. The molecule has 7 nitrogen and oxygen atoms in total. The van der Waals surface area contributed by atoms with Crippen LogP contribution < -0.4 is 19.5 Å². The van der Waals surface area contributed by atoms with Crippen LogP contribution in [0.15, 0.2) is 36.4 Å². The molecule has 0 aliphatic rings. The molecule has 3 rings (SSSR count). The average molecular weight is 404 g/mol. The number of nitrogens with one attached hydrogen (secondary N) is 3. The van der Waals surface area contributed by atoms with Gasteiger partial charge in [-0.2, -0.15) is 0 Å². The molecule has 0 bridgehead atoms. The van der Waals surface area contributed by atoms with Gasteiger partial charge in [-0.15, -0.1) is 0 Å². The molecule has 0 fully saturated rings. The van der Waals surface area contributed by atoms with Crippen LogP contribution in [0.2, 0.25) is 0 Å². The number of aromatic amines is 2. The van der Waals surface area contributed by atoms with E-state index in [1.165, 1.54) is 0 Å². The Morgan fingerprint density at radius 1 is 1.07 bits per heavy atom. The zero-order valence-corrected chi connectivity index (χ0v) is 16.8. The Bertz CT molecular complexity index is 969. The van der Waals surface area contributed by atoms with Crippen molar-refractivity contribution in [2.75, 3.05) is 33.9 Å². The molecular weight excluding hydrogens is 378 g/mol. The summed E-state index contributed by atoms with van der Waals surface area (Å²) in [5.41, 5.74) is 2.82. The molecule has 0 saturated carbocycles. The van der Waals surface area contributed by atoms with Gasteiger partial charge in [0.05, 0.1) is 19.7 Å². The molecule has 0 spiro atoms. The molecular formula is C20H25N3O4S. The van der Waals surface area contributed by atoms with Crippen LogP contribution in [0.3, 0.4) is 0 Å². The number of fused-ring (bicyclic) bond motifs is 1. The smallest absolute Gasteiger partial charge is 0.175 e. The van der Waals surface area contributed by atoms with Crippen molar-refractivity contribution in [1.82, 2.24) is 15.3 Å². The van der Waals surface area contributed by atoms with Crippen LogP contribution in [-0.2, 0) is 6.42 Å². The Hall–Kier alpha value is -2.55. The molecule has 28 heavy (non-hydrogen) atoms. The minimum absolute atomic E-state index is 0.189. The van der Waals surface area contributed by atoms with Crippen molar-refractivity contribution in [2.45, 2.75) is 12.5 Å². The van der Waals surface area contributed by atoms with Crippen molar-refractivity contribution in [3.63, 3.8) is 0 Å². The Kier molecular flexibility index (Phi) is 6.91. The zero-order valence-electron chi connectivity index (χ0n) is 16.0. The standard InChI is InChI=1S/C20H25N3O4S/c1-25-16-7-6-13(10-18(16)26-2)8-9-21-11-14(24)12-27-17-5-3-4-15-19(17)23-20(28)22-15/h3-7,10,14,21,24H,8-9,11-12H2,1-2H3,(H2,22,23,28). The van der Waals surface area contributed by atoms with Gasteiger partial charge in [-0.05, 0) is 55.0 Å². The molecule has 3 aromatic rings. The lowest BCUT2D eigenvalue weighted by Gasteiger charge is -2.14. The van der Waals surface area contributed by atoms with Crippen LogP contribution >= 0.6 is 12.2 Å². The highest BCUT2D eigenvalue weighted by Gasteiger charge is 2.09. The molecule has 2 aromatic carbocycles. The highest BCUT2D eigenvalue weighted by atomic mass is 32.1. The Labute approximate surface area is 168 Å². The van der Waals surface area contributed by atoms with E-state index in [-0.39, 0.29) is 6.61 Å². The molecule has 150 valence electrons. The number of aliphatic hydroxyl groups is 1. The van der Waals surface area contributed by atoms with Gasteiger partial charge in [0, 0.05) is 6.54 Å². The quantitative estimate of drug-likeness (QED) is 0.307. The number of para-hydroxylation sites is 1. The number of ether oxygens (including phenoxy) is 3. The molecule has 0 radical (unpaired) electrons. The van der Waals surface area contributed by atoms with Crippen molar-refractivity contribution < 1.29 is 19.3 Å². The monoisotopic (exact) mass is 403 g/mol. The summed E-state index contributed by atoms with van der Waals surface area (Å²) < 4.78 is 16.8. The van der Waals surface area contributed by atoms with Crippen LogP contribution in [0.1, 0.15) is 5.56 Å². The van der Waals surface area contributed by atoms with Crippen molar-refractivity contribution in [3.8, 4) is 17.2 Å². The molecule has 8 heteroatoms. The normalized spacial score (nSPS) is 12.1. The lowest BCUT2D eigenvalue weighted by atomic mass is 10.1. The van der Waals surface area contributed by atoms with Crippen LogP contribution in [0.5, 0.6) is 17.2 Å². The van der Waals surface area contributed by atoms with E-state index in [1.54, 1.807) is 14.2 Å². The first kappa shape index (κ1) is 20.2. The van der Waals surface area contributed by atoms with Gasteiger partial charge in [0.25, 0.3) is 0 Å². The van der Waals surface area contributed by atoms with E-state index in [0.717, 1.165) is 29.6 Å². The first-order valence-corrected chi connectivity index (χ1v) is 9.45. The SMILES string of the molecule is COc1ccc(CCNCC(O)COc2cccc3[nH]c(=S)[nH]c23)cc1OC. The molecule has 1 atom stereocenters. The van der Waals surface area contributed by atoms with Gasteiger partial charge in [-0.3, -0.25) is 0 Å². The molecule has 1 aromatic heterocycles. The highest BCUT2D eigenvalue weighted by Crippen LogP contribution is 2.27. The predicted octanol–water partition coefficient (Wildman–Crippen LogP) is 2.81. The average Bonchev–Trinajstić information content (AvgIpc) is 3.10. The van der Waals surface area contributed by atoms with Gasteiger partial charge in [0.1, 0.15) is 24.0 Å². The fraction of sp³-hybridized carbons (Fsp3) is 0.350. The lowest BCUT2D eigenvalue weighted by molar-refractivity contribution is 0.107. The topological polar surface area (TPSA) is 91.5 Å². The van der Waals surface area contributed by atoms with Gasteiger partial charge < -0.3 is 34.6 Å². The van der Waals surface area contributed by atoms with Crippen LogP contribution in [0.25, 0.3) is 11.0 Å². The summed E-state index contributed by atoms with van der Waals surface area (Å²) in [6.45, 7) is 1.35. The van der Waals surface area contributed by atoms with E-state index in [1.807, 2.05) is 36.4 Å². The summed E-state index contributed by atoms with van der Waals surface area (Å²) >= 11 is 5.11. The van der Waals surface area contributed by atoms with E-state index in [2.05, 4.69) is 15.3 Å². The van der Waals surface area contributed by atoms with E-state index in [0.29, 0.717) is 28.6 Å². The van der Waals surface area contributed by atoms with E-state index in [4.69, 9.17) is 26.4 Å². The molecule has 1 heterocycles.